The molecule has 0 unspecified atom stereocenters. The zero-order chi connectivity index (χ0) is 13.1. The van der Waals surface area contributed by atoms with Gasteiger partial charge in [0.05, 0.1) is 18.5 Å². The Labute approximate surface area is 108 Å². The topological polar surface area (TPSA) is 39.1 Å². The second-order valence-electron chi connectivity index (χ2n) is 4.26. The van der Waals surface area contributed by atoms with E-state index in [0.29, 0.717) is 0 Å². The number of ether oxygens (including phenoxy) is 1. The van der Waals surface area contributed by atoms with Crippen LogP contribution < -0.4 is 10.1 Å². The Morgan fingerprint density at radius 2 is 2.06 bits per heavy atom. The monoisotopic (exact) mass is 245 g/mol. The first kappa shape index (κ1) is 12.6. The van der Waals surface area contributed by atoms with Crippen LogP contribution in [0.25, 0.3) is 11.1 Å². The third-order valence-electron chi connectivity index (χ3n) is 3.06. The van der Waals surface area contributed by atoms with Crippen LogP contribution >= 0.6 is 0 Å². The molecule has 1 N–H and O–H groups in total. The molecule has 2 aromatic rings. The highest BCUT2D eigenvalue weighted by molar-refractivity contribution is 5.74. The van der Waals surface area contributed by atoms with Crippen molar-refractivity contribution in [1.82, 2.24) is 15.1 Å². The van der Waals surface area contributed by atoms with Gasteiger partial charge >= 0.3 is 0 Å². The lowest BCUT2D eigenvalue weighted by molar-refractivity contribution is 0.416. The van der Waals surface area contributed by atoms with Gasteiger partial charge in [0.25, 0.3) is 0 Å². The van der Waals surface area contributed by atoms with Crippen LogP contribution in [0, 0.1) is 6.92 Å². The number of hydrogen-bond donors (Lipinski definition) is 1. The standard InChI is InChI=1S/C14H19N3O/c1-10-14(12(9-15-2)17(3)16-10)11-7-5-6-8-13(11)18-4/h5-8,15H,9H2,1-4H3. The van der Waals surface area contributed by atoms with Crippen molar-refractivity contribution < 1.29 is 4.74 Å². The summed E-state index contributed by atoms with van der Waals surface area (Å²) in [6, 6.07) is 8.05. The van der Waals surface area contributed by atoms with Crippen LogP contribution in [-0.2, 0) is 13.6 Å². The first-order chi connectivity index (χ1) is 8.69. The van der Waals surface area contributed by atoms with Crippen molar-refractivity contribution in [1.29, 1.82) is 0 Å². The predicted octanol–water partition coefficient (Wildman–Crippen LogP) is 2.12. The van der Waals surface area contributed by atoms with Gasteiger partial charge in [-0.15, -0.1) is 0 Å². The van der Waals surface area contributed by atoms with Gasteiger partial charge in [0.1, 0.15) is 5.75 Å². The maximum atomic E-state index is 5.44. The van der Waals surface area contributed by atoms with Crippen molar-refractivity contribution in [3.05, 3.63) is 35.7 Å². The second kappa shape index (κ2) is 5.23. The van der Waals surface area contributed by atoms with E-state index in [-0.39, 0.29) is 0 Å². The molecule has 0 radical (unpaired) electrons. The number of nitrogens with one attached hydrogen (secondary N) is 1. The fourth-order valence-corrected chi connectivity index (χ4v) is 2.28. The molecular weight excluding hydrogens is 226 g/mol. The van der Waals surface area contributed by atoms with E-state index in [0.717, 1.165) is 29.1 Å². The van der Waals surface area contributed by atoms with E-state index < -0.39 is 0 Å². The van der Waals surface area contributed by atoms with Crippen molar-refractivity contribution in [2.45, 2.75) is 13.5 Å². The number of para-hydroxylation sites is 1. The van der Waals surface area contributed by atoms with Gasteiger partial charge in [0, 0.05) is 24.7 Å². The molecule has 1 aromatic carbocycles. The van der Waals surface area contributed by atoms with Crippen LogP contribution in [0.15, 0.2) is 24.3 Å². The fraction of sp³-hybridized carbons (Fsp3) is 0.357. The molecule has 0 bridgehead atoms. The summed E-state index contributed by atoms with van der Waals surface area (Å²) >= 11 is 0. The molecule has 4 nitrogen and oxygen atoms in total. The van der Waals surface area contributed by atoms with Gasteiger partial charge in [-0.25, -0.2) is 0 Å². The summed E-state index contributed by atoms with van der Waals surface area (Å²) in [6.07, 6.45) is 0. The normalized spacial score (nSPS) is 10.7. The highest BCUT2D eigenvalue weighted by Crippen LogP contribution is 2.34. The van der Waals surface area contributed by atoms with Crippen LogP contribution in [0.5, 0.6) is 5.75 Å². The number of benzene rings is 1. The summed E-state index contributed by atoms with van der Waals surface area (Å²) in [6.45, 7) is 2.81. The molecule has 18 heavy (non-hydrogen) atoms. The number of nitrogens with zero attached hydrogens (tertiary/aromatic N) is 2. The number of hydrogen-bond acceptors (Lipinski definition) is 3. The maximum Gasteiger partial charge on any atom is 0.126 e. The van der Waals surface area contributed by atoms with Gasteiger partial charge in [0.2, 0.25) is 0 Å². The highest BCUT2D eigenvalue weighted by atomic mass is 16.5. The lowest BCUT2D eigenvalue weighted by atomic mass is 10.0. The van der Waals surface area contributed by atoms with Crippen molar-refractivity contribution in [3.63, 3.8) is 0 Å². The first-order valence-electron chi connectivity index (χ1n) is 5.99. The molecule has 0 saturated heterocycles. The van der Waals surface area contributed by atoms with E-state index >= 15 is 0 Å². The molecule has 0 saturated carbocycles. The summed E-state index contributed by atoms with van der Waals surface area (Å²) < 4.78 is 7.36. The molecule has 0 amide bonds. The predicted molar refractivity (Wildman–Crippen MR) is 72.7 cm³/mol. The van der Waals surface area contributed by atoms with Crippen LogP contribution in [0.4, 0.5) is 0 Å². The molecule has 0 aliphatic heterocycles. The molecular formula is C14H19N3O. The largest absolute Gasteiger partial charge is 0.496 e. The molecule has 0 spiro atoms. The van der Waals surface area contributed by atoms with Gasteiger partial charge in [0.15, 0.2) is 0 Å². The highest BCUT2D eigenvalue weighted by Gasteiger charge is 2.17. The average molecular weight is 245 g/mol. The van der Waals surface area contributed by atoms with Crippen molar-refractivity contribution in [3.8, 4) is 16.9 Å². The van der Waals surface area contributed by atoms with Crippen LogP contribution in [0.3, 0.4) is 0 Å². The van der Waals surface area contributed by atoms with Gasteiger partial charge in [-0.2, -0.15) is 5.10 Å². The lowest BCUT2D eigenvalue weighted by Gasteiger charge is -2.10. The lowest BCUT2D eigenvalue weighted by Crippen LogP contribution is -2.10. The number of aromatic nitrogens is 2. The maximum absolute atomic E-state index is 5.44. The molecule has 4 heteroatoms. The molecule has 1 aromatic heterocycles. The minimum atomic E-state index is 0.782. The Morgan fingerprint density at radius 3 is 2.72 bits per heavy atom. The van der Waals surface area contributed by atoms with Gasteiger partial charge in [-0.05, 0) is 20.0 Å². The van der Waals surface area contributed by atoms with Gasteiger partial charge in [-0.1, -0.05) is 18.2 Å². The Bertz CT molecular complexity index is 546. The van der Waals surface area contributed by atoms with Crippen LogP contribution in [0.2, 0.25) is 0 Å². The SMILES string of the molecule is CNCc1c(-c2ccccc2OC)c(C)nn1C. The van der Waals surface area contributed by atoms with E-state index in [4.69, 9.17) is 4.74 Å². The minimum absolute atomic E-state index is 0.782. The molecule has 0 atom stereocenters. The quantitative estimate of drug-likeness (QED) is 0.896. The molecule has 1 heterocycles. The average Bonchev–Trinajstić information content (AvgIpc) is 2.65. The summed E-state index contributed by atoms with van der Waals surface area (Å²) in [5.41, 5.74) is 4.44. The van der Waals surface area contributed by atoms with Crippen LogP contribution in [0.1, 0.15) is 11.4 Å². The summed E-state index contributed by atoms with van der Waals surface area (Å²) in [5, 5.41) is 7.69. The smallest absolute Gasteiger partial charge is 0.126 e. The van der Waals surface area contributed by atoms with Crippen LogP contribution in [-0.4, -0.2) is 23.9 Å². The molecule has 0 aliphatic rings. The van der Waals surface area contributed by atoms with E-state index in [9.17, 15) is 0 Å². The third-order valence-corrected chi connectivity index (χ3v) is 3.06. The van der Waals surface area contributed by atoms with E-state index in [2.05, 4.69) is 16.5 Å². The molecule has 96 valence electrons. The Morgan fingerprint density at radius 1 is 1.33 bits per heavy atom. The van der Waals surface area contributed by atoms with E-state index in [1.54, 1.807) is 7.11 Å². The second-order valence-corrected chi connectivity index (χ2v) is 4.26. The van der Waals surface area contributed by atoms with Gasteiger partial charge in [-0.3, -0.25) is 4.68 Å². The Hall–Kier alpha value is -1.81. The van der Waals surface area contributed by atoms with Crippen molar-refractivity contribution >= 4 is 0 Å². The number of rotatable bonds is 4. The third kappa shape index (κ3) is 2.11. The van der Waals surface area contributed by atoms with E-state index in [1.807, 2.05) is 43.9 Å². The molecule has 2 rings (SSSR count). The number of methoxy groups -OCH3 is 1. The van der Waals surface area contributed by atoms with Crippen molar-refractivity contribution in [2.24, 2.45) is 7.05 Å². The van der Waals surface area contributed by atoms with Gasteiger partial charge < -0.3 is 10.1 Å². The zero-order valence-electron chi connectivity index (χ0n) is 11.3. The molecule has 0 fully saturated rings. The summed E-state index contributed by atoms with van der Waals surface area (Å²) in [5.74, 6) is 0.881. The Balaban J connectivity index is 2.62. The number of aryl methyl sites for hydroxylation is 2. The van der Waals surface area contributed by atoms with E-state index in [1.165, 1.54) is 5.69 Å². The minimum Gasteiger partial charge on any atom is -0.496 e. The summed E-state index contributed by atoms with van der Waals surface area (Å²) in [4.78, 5) is 0. The first-order valence-corrected chi connectivity index (χ1v) is 5.99. The molecule has 0 aliphatic carbocycles. The summed E-state index contributed by atoms with van der Waals surface area (Å²) in [7, 11) is 5.61. The Kier molecular flexibility index (Phi) is 3.67. The fourth-order valence-electron chi connectivity index (χ4n) is 2.28. The zero-order valence-corrected chi connectivity index (χ0v) is 11.3. The van der Waals surface area contributed by atoms with Crippen molar-refractivity contribution in [2.75, 3.05) is 14.2 Å².